The minimum Gasteiger partial charge on any atom is -0.469 e. The highest BCUT2D eigenvalue weighted by Gasteiger charge is 2.12. The fraction of sp³-hybridized carbons (Fsp3) is 0.429. The molecule has 0 aliphatic carbocycles. The summed E-state index contributed by atoms with van der Waals surface area (Å²) in [6.45, 7) is 2.67. The molecule has 0 aliphatic rings. The summed E-state index contributed by atoms with van der Waals surface area (Å²) < 4.78 is 4.65. The average molecular weight is 280 g/mol. The highest BCUT2D eigenvalue weighted by Crippen LogP contribution is 2.00. The molecule has 1 atom stereocenters. The Bertz CT molecular complexity index is 409. The Kier molecular flexibility index (Phi) is 6.89. The standard InChI is InChI=1S/C14H20N2O2S/c1-3-12(9-13(17)18-2)16-14(19)15-10-11-7-5-4-6-8-11/h4-8,12H,3,9-10H2,1-2H3,(H2,15,16,19). The van der Waals surface area contributed by atoms with E-state index in [2.05, 4.69) is 15.4 Å². The molecule has 0 spiro atoms. The van der Waals surface area contributed by atoms with Gasteiger partial charge in [0.05, 0.1) is 13.5 Å². The van der Waals surface area contributed by atoms with Gasteiger partial charge in [-0.3, -0.25) is 4.79 Å². The average Bonchev–Trinajstić information content (AvgIpc) is 2.45. The van der Waals surface area contributed by atoms with E-state index in [4.69, 9.17) is 12.2 Å². The van der Waals surface area contributed by atoms with Crippen molar-refractivity contribution in [3.05, 3.63) is 35.9 Å². The summed E-state index contributed by atoms with van der Waals surface area (Å²) in [6.07, 6.45) is 1.13. The topological polar surface area (TPSA) is 50.4 Å². The first-order valence-corrected chi connectivity index (χ1v) is 6.71. The summed E-state index contributed by atoms with van der Waals surface area (Å²) in [6, 6.07) is 10.0. The molecule has 1 aromatic rings. The van der Waals surface area contributed by atoms with E-state index in [9.17, 15) is 4.79 Å². The van der Waals surface area contributed by atoms with Crippen LogP contribution in [0.25, 0.3) is 0 Å². The molecule has 0 amide bonds. The number of hydrogen-bond acceptors (Lipinski definition) is 3. The van der Waals surface area contributed by atoms with E-state index in [1.807, 2.05) is 37.3 Å². The lowest BCUT2D eigenvalue weighted by Gasteiger charge is -2.18. The van der Waals surface area contributed by atoms with Gasteiger partial charge in [-0.15, -0.1) is 0 Å². The van der Waals surface area contributed by atoms with Crippen LogP contribution in [0.2, 0.25) is 0 Å². The second-order valence-electron chi connectivity index (χ2n) is 4.20. The number of carbonyl (C=O) groups is 1. The summed E-state index contributed by atoms with van der Waals surface area (Å²) >= 11 is 5.21. The highest BCUT2D eigenvalue weighted by molar-refractivity contribution is 7.80. The number of carbonyl (C=O) groups excluding carboxylic acids is 1. The van der Waals surface area contributed by atoms with E-state index >= 15 is 0 Å². The van der Waals surface area contributed by atoms with Crippen molar-refractivity contribution in [2.75, 3.05) is 7.11 Å². The van der Waals surface area contributed by atoms with Crippen LogP contribution in [-0.4, -0.2) is 24.2 Å². The molecule has 0 bridgehead atoms. The first-order valence-electron chi connectivity index (χ1n) is 6.30. The largest absolute Gasteiger partial charge is 0.469 e. The van der Waals surface area contributed by atoms with Gasteiger partial charge in [-0.1, -0.05) is 37.3 Å². The van der Waals surface area contributed by atoms with E-state index in [1.54, 1.807) is 0 Å². The zero-order valence-electron chi connectivity index (χ0n) is 11.3. The van der Waals surface area contributed by atoms with E-state index in [0.29, 0.717) is 18.1 Å². The van der Waals surface area contributed by atoms with Crippen molar-refractivity contribution in [1.82, 2.24) is 10.6 Å². The van der Waals surface area contributed by atoms with Crippen molar-refractivity contribution >= 4 is 23.3 Å². The van der Waals surface area contributed by atoms with Gasteiger partial charge in [0.15, 0.2) is 5.11 Å². The number of methoxy groups -OCH3 is 1. The Labute approximate surface area is 119 Å². The molecule has 0 saturated heterocycles. The number of nitrogens with one attached hydrogen (secondary N) is 2. The molecule has 0 fully saturated rings. The number of thiocarbonyl (C=S) groups is 1. The molecule has 5 heteroatoms. The van der Waals surface area contributed by atoms with Gasteiger partial charge < -0.3 is 15.4 Å². The normalized spacial score (nSPS) is 11.5. The van der Waals surface area contributed by atoms with Gasteiger partial charge in [0, 0.05) is 12.6 Å². The van der Waals surface area contributed by atoms with Crippen LogP contribution in [0.1, 0.15) is 25.3 Å². The van der Waals surface area contributed by atoms with Gasteiger partial charge in [-0.2, -0.15) is 0 Å². The fourth-order valence-electron chi connectivity index (χ4n) is 1.60. The highest BCUT2D eigenvalue weighted by atomic mass is 32.1. The molecule has 104 valence electrons. The SMILES string of the molecule is CCC(CC(=O)OC)NC(=S)NCc1ccccc1. The van der Waals surface area contributed by atoms with Crippen LogP contribution in [0.4, 0.5) is 0 Å². The minimum atomic E-state index is -0.231. The van der Waals surface area contributed by atoms with Crippen LogP contribution >= 0.6 is 12.2 Å². The Morgan fingerprint density at radius 2 is 2.05 bits per heavy atom. The molecule has 0 saturated carbocycles. The molecular formula is C14H20N2O2S. The van der Waals surface area contributed by atoms with Crippen molar-refractivity contribution in [1.29, 1.82) is 0 Å². The molecule has 19 heavy (non-hydrogen) atoms. The van der Waals surface area contributed by atoms with Gasteiger partial charge >= 0.3 is 5.97 Å². The maximum absolute atomic E-state index is 11.2. The number of rotatable bonds is 6. The molecule has 4 nitrogen and oxygen atoms in total. The zero-order valence-corrected chi connectivity index (χ0v) is 12.1. The van der Waals surface area contributed by atoms with Gasteiger partial charge in [0.1, 0.15) is 0 Å². The summed E-state index contributed by atoms with van der Waals surface area (Å²) in [5, 5.41) is 6.80. The van der Waals surface area contributed by atoms with Crippen LogP contribution in [0.3, 0.4) is 0 Å². The van der Waals surface area contributed by atoms with Gasteiger partial charge in [-0.05, 0) is 24.2 Å². The number of esters is 1. The van der Waals surface area contributed by atoms with Crippen LogP contribution in [0.15, 0.2) is 30.3 Å². The molecule has 1 rings (SSSR count). The van der Waals surface area contributed by atoms with Crippen LogP contribution in [0, 0.1) is 0 Å². The Hall–Kier alpha value is -1.62. The van der Waals surface area contributed by atoms with Crippen LogP contribution in [0.5, 0.6) is 0 Å². The third-order valence-electron chi connectivity index (χ3n) is 2.76. The maximum atomic E-state index is 11.2. The Morgan fingerprint density at radius 3 is 2.63 bits per heavy atom. The van der Waals surface area contributed by atoms with E-state index < -0.39 is 0 Å². The fourth-order valence-corrected chi connectivity index (χ4v) is 1.84. The van der Waals surface area contributed by atoms with Crippen molar-refractivity contribution in [3.8, 4) is 0 Å². The summed E-state index contributed by atoms with van der Waals surface area (Å²) in [5.41, 5.74) is 1.16. The molecule has 2 N–H and O–H groups in total. The lowest BCUT2D eigenvalue weighted by atomic mass is 10.1. The van der Waals surface area contributed by atoms with E-state index in [-0.39, 0.29) is 12.0 Å². The van der Waals surface area contributed by atoms with Crippen molar-refractivity contribution in [2.45, 2.75) is 32.4 Å². The van der Waals surface area contributed by atoms with Crippen LogP contribution < -0.4 is 10.6 Å². The molecule has 0 heterocycles. The first kappa shape index (κ1) is 15.4. The number of benzene rings is 1. The molecule has 1 aromatic carbocycles. The predicted molar refractivity (Wildman–Crippen MR) is 79.7 cm³/mol. The zero-order chi connectivity index (χ0) is 14.1. The molecule has 0 aromatic heterocycles. The summed E-state index contributed by atoms with van der Waals surface area (Å²) in [4.78, 5) is 11.2. The Morgan fingerprint density at radius 1 is 1.37 bits per heavy atom. The van der Waals surface area contributed by atoms with Crippen molar-refractivity contribution < 1.29 is 9.53 Å². The third-order valence-corrected chi connectivity index (χ3v) is 3.03. The smallest absolute Gasteiger partial charge is 0.307 e. The predicted octanol–water partition coefficient (Wildman–Crippen LogP) is 1.99. The quantitative estimate of drug-likeness (QED) is 0.616. The summed E-state index contributed by atoms with van der Waals surface area (Å²) in [7, 11) is 1.39. The second-order valence-corrected chi connectivity index (χ2v) is 4.61. The van der Waals surface area contributed by atoms with Gasteiger partial charge in [0.2, 0.25) is 0 Å². The Balaban J connectivity index is 2.35. The molecule has 0 radical (unpaired) electrons. The number of hydrogen-bond donors (Lipinski definition) is 2. The lowest BCUT2D eigenvalue weighted by Crippen LogP contribution is -2.42. The minimum absolute atomic E-state index is 0.00298. The summed E-state index contributed by atoms with van der Waals surface area (Å²) in [5.74, 6) is -0.231. The van der Waals surface area contributed by atoms with Gasteiger partial charge in [0.25, 0.3) is 0 Å². The van der Waals surface area contributed by atoms with E-state index in [0.717, 1.165) is 12.0 Å². The second kappa shape index (κ2) is 8.48. The molecule has 0 aliphatic heterocycles. The monoisotopic (exact) mass is 280 g/mol. The number of ether oxygens (including phenoxy) is 1. The van der Waals surface area contributed by atoms with Crippen LogP contribution in [-0.2, 0) is 16.1 Å². The van der Waals surface area contributed by atoms with Gasteiger partial charge in [-0.25, -0.2) is 0 Å². The van der Waals surface area contributed by atoms with Crippen molar-refractivity contribution in [2.24, 2.45) is 0 Å². The lowest BCUT2D eigenvalue weighted by molar-refractivity contribution is -0.141. The maximum Gasteiger partial charge on any atom is 0.307 e. The third kappa shape index (κ3) is 6.20. The van der Waals surface area contributed by atoms with Crippen molar-refractivity contribution in [3.63, 3.8) is 0 Å². The molecular weight excluding hydrogens is 260 g/mol. The van der Waals surface area contributed by atoms with E-state index in [1.165, 1.54) is 7.11 Å². The first-order chi connectivity index (χ1) is 9.15. The molecule has 1 unspecified atom stereocenters.